The molecule has 0 saturated heterocycles. The molecule has 2 nitrogen and oxygen atoms in total. The molecule has 0 amide bonds. The van der Waals surface area contributed by atoms with Crippen LogP contribution >= 0.6 is 0 Å². The van der Waals surface area contributed by atoms with Crippen molar-refractivity contribution in [2.45, 2.75) is 91.9 Å². The highest BCUT2D eigenvalue weighted by Crippen LogP contribution is 2.61. The van der Waals surface area contributed by atoms with Gasteiger partial charge in [-0.1, -0.05) is 61.4 Å². The SMILES string of the molecule is C=C1[C@H]2CC[C@H](C2)[C@]1(C)CC/C=C(/C)CO.C=C1[C@H]2CC[C@H](C2)[C@]1(C)CC/C=C(/C)CO. The van der Waals surface area contributed by atoms with E-state index in [0.29, 0.717) is 10.8 Å². The molecule has 0 aromatic heterocycles. The molecule has 0 aromatic rings. The van der Waals surface area contributed by atoms with Crippen molar-refractivity contribution in [3.05, 3.63) is 47.6 Å². The average Bonchev–Trinajstić information content (AvgIpc) is 3.54. The zero-order valence-electron chi connectivity index (χ0n) is 21.3. The van der Waals surface area contributed by atoms with Crippen LogP contribution in [0.15, 0.2) is 47.6 Å². The van der Waals surface area contributed by atoms with Crippen LogP contribution in [-0.4, -0.2) is 23.4 Å². The third-order valence-electron chi connectivity index (χ3n) is 9.93. The van der Waals surface area contributed by atoms with Gasteiger partial charge in [-0.3, -0.25) is 0 Å². The highest BCUT2D eigenvalue weighted by atomic mass is 16.3. The summed E-state index contributed by atoms with van der Waals surface area (Å²) in [5, 5.41) is 17.9. The first-order valence-electron chi connectivity index (χ1n) is 13.1. The Bertz CT molecular complexity index is 695. The van der Waals surface area contributed by atoms with Gasteiger partial charge in [-0.25, -0.2) is 0 Å². The number of allylic oxidation sites excluding steroid dienone is 4. The zero-order chi connectivity index (χ0) is 23.5. The molecule has 4 fully saturated rings. The minimum Gasteiger partial charge on any atom is -0.392 e. The van der Waals surface area contributed by atoms with E-state index in [4.69, 9.17) is 10.2 Å². The van der Waals surface area contributed by atoms with Gasteiger partial charge in [0.05, 0.1) is 13.2 Å². The minimum atomic E-state index is 0.198. The fourth-order valence-corrected chi connectivity index (χ4v) is 7.31. The summed E-state index contributed by atoms with van der Waals surface area (Å²) in [6.07, 6.45) is 17.3. The highest BCUT2D eigenvalue weighted by Gasteiger charge is 2.50. The first-order chi connectivity index (χ1) is 15.2. The van der Waals surface area contributed by atoms with Crippen molar-refractivity contribution in [1.29, 1.82) is 0 Å². The van der Waals surface area contributed by atoms with Crippen molar-refractivity contribution in [1.82, 2.24) is 0 Å². The first-order valence-corrected chi connectivity index (χ1v) is 13.1. The number of hydrogen-bond acceptors (Lipinski definition) is 2. The second kappa shape index (κ2) is 10.4. The van der Waals surface area contributed by atoms with Gasteiger partial charge < -0.3 is 10.2 Å². The Morgan fingerprint density at radius 3 is 1.44 bits per heavy atom. The van der Waals surface area contributed by atoms with Gasteiger partial charge in [0.15, 0.2) is 0 Å². The maximum absolute atomic E-state index is 8.96. The van der Waals surface area contributed by atoms with E-state index in [-0.39, 0.29) is 13.2 Å². The fourth-order valence-electron chi connectivity index (χ4n) is 7.31. The second-order valence-electron chi connectivity index (χ2n) is 11.8. The molecule has 4 aliphatic rings. The monoisotopic (exact) mass is 440 g/mol. The Hall–Kier alpha value is -1.12. The van der Waals surface area contributed by atoms with Gasteiger partial charge in [-0.2, -0.15) is 0 Å². The van der Waals surface area contributed by atoms with Crippen LogP contribution in [0.1, 0.15) is 91.9 Å². The Balaban J connectivity index is 0.000000181. The van der Waals surface area contributed by atoms with Gasteiger partial charge in [-0.15, -0.1) is 0 Å². The van der Waals surface area contributed by atoms with E-state index in [2.05, 4.69) is 39.2 Å². The standard InChI is InChI=1S/2C15H24O/c2*1-11(10-16)5-4-8-15(3)12(2)13-6-7-14(15)9-13/h2*5,13-14,16H,2,4,6-10H2,1,3H3/b2*11-5-/t2*13-,14+,15+/m00/s1. The van der Waals surface area contributed by atoms with Crippen molar-refractivity contribution in [2.24, 2.45) is 34.5 Å². The largest absolute Gasteiger partial charge is 0.392 e. The van der Waals surface area contributed by atoms with Gasteiger partial charge in [0.2, 0.25) is 0 Å². The molecule has 6 atom stereocenters. The van der Waals surface area contributed by atoms with Crippen LogP contribution in [0.3, 0.4) is 0 Å². The van der Waals surface area contributed by atoms with E-state index < -0.39 is 0 Å². The summed E-state index contributed by atoms with van der Waals surface area (Å²) in [7, 11) is 0. The molecule has 2 N–H and O–H groups in total. The first kappa shape index (κ1) is 25.5. The Morgan fingerprint density at radius 1 is 0.781 bits per heavy atom. The molecule has 0 aromatic carbocycles. The molecule has 4 bridgehead atoms. The van der Waals surface area contributed by atoms with E-state index in [9.17, 15) is 0 Å². The van der Waals surface area contributed by atoms with Crippen molar-refractivity contribution < 1.29 is 10.2 Å². The quantitative estimate of drug-likeness (QED) is 0.386. The highest BCUT2D eigenvalue weighted by molar-refractivity contribution is 5.25. The van der Waals surface area contributed by atoms with Crippen LogP contribution < -0.4 is 0 Å². The molecule has 0 unspecified atom stereocenters. The number of rotatable bonds is 8. The summed E-state index contributed by atoms with van der Waals surface area (Å²) in [6.45, 7) is 17.9. The lowest BCUT2D eigenvalue weighted by atomic mass is 9.69. The van der Waals surface area contributed by atoms with Gasteiger partial charge in [0, 0.05) is 0 Å². The molecule has 0 aliphatic heterocycles. The maximum Gasteiger partial charge on any atom is 0.0639 e. The lowest BCUT2D eigenvalue weighted by Crippen LogP contribution is -2.26. The predicted molar refractivity (Wildman–Crippen MR) is 136 cm³/mol. The summed E-state index contributed by atoms with van der Waals surface area (Å²) < 4.78 is 0. The molecule has 4 saturated carbocycles. The van der Waals surface area contributed by atoms with Crippen LogP contribution in [0.4, 0.5) is 0 Å². The summed E-state index contributed by atoms with van der Waals surface area (Å²) in [5.41, 5.74) is 5.98. The number of aliphatic hydroxyl groups is 2. The van der Waals surface area contributed by atoms with E-state index in [1.165, 1.54) is 62.5 Å². The van der Waals surface area contributed by atoms with Crippen molar-refractivity contribution in [3.63, 3.8) is 0 Å². The van der Waals surface area contributed by atoms with Crippen molar-refractivity contribution in [2.75, 3.05) is 13.2 Å². The minimum absolute atomic E-state index is 0.198. The summed E-state index contributed by atoms with van der Waals surface area (Å²) in [4.78, 5) is 0. The Kier molecular flexibility index (Phi) is 8.31. The molecule has 32 heavy (non-hydrogen) atoms. The van der Waals surface area contributed by atoms with E-state index in [1.54, 1.807) is 0 Å². The van der Waals surface area contributed by atoms with Gasteiger partial charge in [-0.05, 0) is 113 Å². The molecule has 0 spiro atoms. The lowest BCUT2D eigenvalue weighted by molar-refractivity contribution is 0.240. The Labute approximate surface area is 197 Å². The third kappa shape index (κ3) is 5.02. The normalized spacial score (nSPS) is 38.4. The molecule has 0 radical (unpaired) electrons. The van der Waals surface area contributed by atoms with E-state index >= 15 is 0 Å². The third-order valence-corrected chi connectivity index (χ3v) is 9.93. The van der Waals surface area contributed by atoms with Gasteiger partial charge in [0.1, 0.15) is 0 Å². The van der Waals surface area contributed by atoms with E-state index in [0.717, 1.165) is 47.7 Å². The number of aliphatic hydroxyl groups excluding tert-OH is 2. The smallest absolute Gasteiger partial charge is 0.0639 e. The van der Waals surface area contributed by atoms with Crippen LogP contribution in [-0.2, 0) is 0 Å². The van der Waals surface area contributed by atoms with E-state index in [1.807, 2.05) is 13.8 Å². The molecule has 0 heterocycles. The molecule has 2 heteroatoms. The van der Waals surface area contributed by atoms with Crippen LogP contribution in [0.25, 0.3) is 0 Å². The van der Waals surface area contributed by atoms with Gasteiger partial charge in [0.25, 0.3) is 0 Å². The molecular weight excluding hydrogens is 392 g/mol. The fraction of sp³-hybridized carbons (Fsp3) is 0.733. The lowest BCUT2D eigenvalue weighted by Gasteiger charge is -2.36. The van der Waals surface area contributed by atoms with Crippen molar-refractivity contribution >= 4 is 0 Å². The number of fused-ring (bicyclic) bond motifs is 4. The topological polar surface area (TPSA) is 40.5 Å². The molecule has 4 rings (SSSR count). The molecular formula is C30H48O2. The van der Waals surface area contributed by atoms with Gasteiger partial charge >= 0.3 is 0 Å². The predicted octanol–water partition coefficient (Wildman–Crippen LogP) is 7.40. The number of hydrogen-bond donors (Lipinski definition) is 2. The molecule has 180 valence electrons. The summed E-state index contributed by atoms with van der Waals surface area (Å²) >= 11 is 0. The second-order valence-corrected chi connectivity index (χ2v) is 11.8. The van der Waals surface area contributed by atoms with Crippen LogP contribution in [0.2, 0.25) is 0 Å². The van der Waals surface area contributed by atoms with Crippen LogP contribution in [0.5, 0.6) is 0 Å². The average molecular weight is 441 g/mol. The Morgan fingerprint density at radius 2 is 1.16 bits per heavy atom. The molecule has 4 aliphatic carbocycles. The summed E-state index contributed by atoms with van der Waals surface area (Å²) in [6, 6.07) is 0. The van der Waals surface area contributed by atoms with Crippen LogP contribution in [0, 0.1) is 34.5 Å². The van der Waals surface area contributed by atoms with Crippen molar-refractivity contribution in [3.8, 4) is 0 Å². The zero-order valence-corrected chi connectivity index (χ0v) is 21.3. The maximum atomic E-state index is 8.96. The summed E-state index contributed by atoms with van der Waals surface area (Å²) in [5.74, 6) is 3.40.